The van der Waals surface area contributed by atoms with Crippen LogP contribution in [0.15, 0.2) is 42.6 Å². The molecule has 9 heteroatoms. The third-order valence-corrected chi connectivity index (χ3v) is 4.04. The van der Waals surface area contributed by atoms with Gasteiger partial charge in [-0.25, -0.2) is 0 Å². The minimum atomic E-state index is 0.268. The number of para-hydroxylation sites is 1. The van der Waals surface area contributed by atoms with Crippen LogP contribution in [0.3, 0.4) is 0 Å². The van der Waals surface area contributed by atoms with Gasteiger partial charge in [-0.05, 0) is 12.1 Å². The van der Waals surface area contributed by atoms with Crippen LogP contribution >= 0.6 is 23.2 Å². The van der Waals surface area contributed by atoms with Gasteiger partial charge in [0.2, 0.25) is 5.95 Å². The average Bonchev–Trinajstić information content (AvgIpc) is 2.65. The first-order chi connectivity index (χ1) is 12.6. The molecule has 0 radical (unpaired) electrons. The normalized spacial score (nSPS) is 10.3. The van der Waals surface area contributed by atoms with Gasteiger partial charge in [-0.1, -0.05) is 35.3 Å². The Labute approximate surface area is 160 Å². The molecule has 0 amide bonds. The van der Waals surface area contributed by atoms with Crippen molar-refractivity contribution in [2.24, 2.45) is 0 Å². The first kappa shape index (κ1) is 18.0. The molecule has 1 heterocycles. The van der Waals surface area contributed by atoms with E-state index in [-0.39, 0.29) is 5.95 Å². The Morgan fingerprint density at radius 3 is 2.38 bits per heavy atom. The highest BCUT2D eigenvalue weighted by Crippen LogP contribution is 2.37. The fourth-order valence-corrected chi connectivity index (χ4v) is 2.61. The molecule has 2 N–H and O–H groups in total. The number of aromatic nitrogens is 3. The number of halogens is 2. The molecule has 7 nitrogen and oxygen atoms in total. The molecule has 1 aromatic heterocycles. The maximum atomic E-state index is 6.15. The van der Waals surface area contributed by atoms with E-state index in [9.17, 15) is 0 Å². The molecule has 0 saturated carbocycles. The van der Waals surface area contributed by atoms with Gasteiger partial charge in [0.05, 0.1) is 41.8 Å². The summed E-state index contributed by atoms with van der Waals surface area (Å²) < 4.78 is 10.6. The number of ether oxygens (including phenoxy) is 2. The van der Waals surface area contributed by atoms with E-state index in [0.717, 1.165) is 0 Å². The van der Waals surface area contributed by atoms with Gasteiger partial charge in [0.1, 0.15) is 11.5 Å². The van der Waals surface area contributed by atoms with Gasteiger partial charge in [-0.3, -0.25) is 0 Å². The molecule has 0 atom stereocenters. The molecule has 0 fully saturated rings. The predicted octanol–water partition coefficient (Wildman–Crippen LogP) is 4.68. The van der Waals surface area contributed by atoms with Crippen molar-refractivity contribution in [3.63, 3.8) is 0 Å². The molecule has 0 aliphatic heterocycles. The minimum absolute atomic E-state index is 0.268. The van der Waals surface area contributed by atoms with Crippen molar-refractivity contribution in [3.05, 3.63) is 52.6 Å². The number of nitrogens with zero attached hydrogens (tertiary/aromatic N) is 3. The Morgan fingerprint density at radius 2 is 1.65 bits per heavy atom. The Kier molecular flexibility index (Phi) is 5.60. The molecule has 26 heavy (non-hydrogen) atoms. The zero-order valence-electron chi connectivity index (χ0n) is 14.0. The van der Waals surface area contributed by atoms with E-state index in [2.05, 4.69) is 25.8 Å². The van der Waals surface area contributed by atoms with Gasteiger partial charge in [-0.15, -0.1) is 5.10 Å². The van der Waals surface area contributed by atoms with Crippen LogP contribution in [-0.2, 0) is 0 Å². The second-order valence-electron chi connectivity index (χ2n) is 5.08. The summed E-state index contributed by atoms with van der Waals surface area (Å²) in [7, 11) is 3.07. The molecule has 3 aromatic rings. The SMILES string of the molecule is COc1cc(Nc2nncc(Nc3ccccc3Cl)n2)c(OC)cc1Cl. The van der Waals surface area contributed by atoms with Crippen LogP contribution in [0.5, 0.6) is 11.5 Å². The third kappa shape index (κ3) is 4.07. The number of nitrogens with one attached hydrogen (secondary N) is 2. The van der Waals surface area contributed by atoms with Crippen molar-refractivity contribution in [1.82, 2.24) is 15.2 Å². The smallest absolute Gasteiger partial charge is 0.249 e. The summed E-state index contributed by atoms with van der Waals surface area (Å²) in [6.45, 7) is 0. The molecule has 0 spiro atoms. The highest BCUT2D eigenvalue weighted by atomic mass is 35.5. The Morgan fingerprint density at radius 1 is 0.885 bits per heavy atom. The van der Waals surface area contributed by atoms with Crippen molar-refractivity contribution in [2.45, 2.75) is 0 Å². The fraction of sp³-hybridized carbons (Fsp3) is 0.118. The molecule has 0 aliphatic rings. The minimum Gasteiger partial charge on any atom is -0.495 e. The predicted molar refractivity (Wildman–Crippen MR) is 102 cm³/mol. The largest absolute Gasteiger partial charge is 0.495 e. The quantitative estimate of drug-likeness (QED) is 0.630. The summed E-state index contributed by atoms with van der Waals surface area (Å²) in [6.07, 6.45) is 1.49. The number of methoxy groups -OCH3 is 2. The van der Waals surface area contributed by atoms with Crippen LogP contribution in [-0.4, -0.2) is 29.4 Å². The van der Waals surface area contributed by atoms with Crippen molar-refractivity contribution < 1.29 is 9.47 Å². The Bertz CT molecular complexity index is 923. The first-order valence-electron chi connectivity index (χ1n) is 7.50. The van der Waals surface area contributed by atoms with Crippen LogP contribution in [0, 0.1) is 0 Å². The standard InChI is InChI=1S/C17H15Cl2N5O2/c1-25-14-8-13(15(26-2)7-11(14)19)22-17-23-16(9-20-24-17)21-12-6-4-3-5-10(12)18/h3-9H,1-2H3,(H2,21,22,23,24). The van der Waals surface area contributed by atoms with E-state index < -0.39 is 0 Å². The molecular weight excluding hydrogens is 377 g/mol. The molecule has 0 aliphatic carbocycles. The number of anilines is 4. The number of rotatable bonds is 6. The van der Waals surface area contributed by atoms with Gasteiger partial charge in [0, 0.05) is 12.1 Å². The van der Waals surface area contributed by atoms with Gasteiger partial charge in [-0.2, -0.15) is 10.1 Å². The van der Waals surface area contributed by atoms with Crippen molar-refractivity contribution in [3.8, 4) is 11.5 Å². The van der Waals surface area contributed by atoms with Crippen molar-refractivity contribution in [2.75, 3.05) is 24.9 Å². The number of hydrogen-bond donors (Lipinski definition) is 2. The lowest BCUT2D eigenvalue weighted by Gasteiger charge is -2.13. The summed E-state index contributed by atoms with van der Waals surface area (Å²) in [5.41, 5.74) is 1.30. The van der Waals surface area contributed by atoms with Crippen LogP contribution < -0.4 is 20.1 Å². The second kappa shape index (κ2) is 8.07. The van der Waals surface area contributed by atoms with E-state index in [0.29, 0.717) is 38.7 Å². The Balaban J connectivity index is 1.86. The molecule has 3 rings (SSSR count). The lowest BCUT2D eigenvalue weighted by Crippen LogP contribution is -2.04. The molecule has 0 unspecified atom stereocenters. The summed E-state index contributed by atoms with van der Waals surface area (Å²) in [5, 5.41) is 15.1. The summed E-state index contributed by atoms with van der Waals surface area (Å²) in [6, 6.07) is 10.7. The number of benzene rings is 2. The maximum Gasteiger partial charge on any atom is 0.249 e. The van der Waals surface area contributed by atoms with Crippen LogP contribution in [0.1, 0.15) is 0 Å². The number of hydrogen-bond acceptors (Lipinski definition) is 7. The monoisotopic (exact) mass is 391 g/mol. The molecule has 0 saturated heterocycles. The molecule has 0 bridgehead atoms. The lowest BCUT2D eigenvalue weighted by molar-refractivity contribution is 0.405. The first-order valence-corrected chi connectivity index (χ1v) is 8.26. The van der Waals surface area contributed by atoms with Crippen LogP contribution in [0.25, 0.3) is 0 Å². The summed E-state index contributed by atoms with van der Waals surface area (Å²) >= 11 is 12.3. The van der Waals surface area contributed by atoms with Gasteiger partial charge < -0.3 is 20.1 Å². The highest BCUT2D eigenvalue weighted by Gasteiger charge is 2.12. The van der Waals surface area contributed by atoms with E-state index >= 15 is 0 Å². The third-order valence-electron chi connectivity index (χ3n) is 3.42. The van der Waals surface area contributed by atoms with E-state index in [1.54, 1.807) is 18.2 Å². The average molecular weight is 392 g/mol. The Hall–Kier alpha value is -2.77. The van der Waals surface area contributed by atoms with Gasteiger partial charge in [0.25, 0.3) is 0 Å². The van der Waals surface area contributed by atoms with Crippen LogP contribution in [0.4, 0.5) is 23.1 Å². The molecule has 2 aromatic carbocycles. The maximum absolute atomic E-state index is 6.15. The van der Waals surface area contributed by atoms with E-state index in [1.165, 1.54) is 20.4 Å². The fourth-order valence-electron chi connectivity index (χ4n) is 2.20. The molecular formula is C17H15Cl2N5O2. The van der Waals surface area contributed by atoms with E-state index in [1.807, 2.05) is 18.2 Å². The second-order valence-corrected chi connectivity index (χ2v) is 5.90. The topological polar surface area (TPSA) is 81.2 Å². The van der Waals surface area contributed by atoms with Crippen LogP contribution in [0.2, 0.25) is 10.0 Å². The van der Waals surface area contributed by atoms with E-state index in [4.69, 9.17) is 32.7 Å². The molecule has 134 valence electrons. The summed E-state index contributed by atoms with van der Waals surface area (Å²) in [5.74, 6) is 1.76. The zero-order chi connectivity index (χ0) is 18.5. The lowest BCUT2D eigenvalue weighted by atomic mass is 10.2. The summed E-state index contributed by atoms with van der Waals surface area (Å²) in [4.78, 5) is 4.37. The highest BCUT2D eigenvalue weighted by molar-refractivity contribution is 6.33. The van der Waals surface area contributed by atoms with Crippen molar-refractivity contribution in [1.29, 1.82) is 0 Å². The van der Waals surface area contributed by atoms with Gasteiger partial charge in [0.15, 0.2) is 5.82 Å². The zero-order valence-corrected chi connectivity index (χ0v) is 15.5. The van der Waals surface area contributed by atoms with Crippen molar-refractivity contribution >= 4 is 46.3 Å². The van der Waals surface area contributed by atoms with Gasteiger partial charge >= 0.3 is 0 Å².